The third-order valence-corrected chi connectivity index (χ3v) is 5.20. The number of piperazine rings is 1. The van der Waals surface area contributed by atoms with Crippen LogP contribution in [0.1, 0.15) is 66.2 Å². The molecule has 120 valence electrons. The van der Waals surface area contributed by atoms with Gasteiger partial charge in [0, 0.05) is 6.54 Å². The van der Waals surface area contributed by atoms with Crippen molar-refractivity contribution in [1.82, 2.24) is 10.2 Å². The summed E-state index contributed by atoms with van der Waals surface area (Å²) in [6.45, 7) is 9.07. The quantitative estimate of drug-likeness (QED) is 0.785. The maximum Gasteiger partial charge on any atom is 0.249 e. The number of nitrogens with zero attached hydrogens (tertiary/aromatic N) is 1. The van der Waals surface area contributed by atoms with Gasteiger partial charge in [0.25, 0.3) is 0 Å². The summed E-state index contributed by atoms with van der Waals surface area (Å²) in [4.78, 5) is 27.6. The smallest absolute Gasteiger partial charge is 0.249 e. The van der Waals surface area contributed by atoms with E-state index >= 15 is 0 Å². The Hall–Kier alpha value is -1.06. The van der Waals surface area contributed by atoms with E-state index in [1.54, 1.807) is 0 Å². The number of carbonyl (C=O) groups excluding carboxylic acids is 2. The van der Waals surface area contributed by atoms with Gasteiger partial charge in [0.2, 0.25) is 11.8 Å². The van der Waals surface area contributed by atoms with Gasteiger partial charge >= 0.3 is 0 Å². The van der Waals surface area contributed by atoms with E-state index in [4.69, 9.17) is 0 Å². The maximum absolute atomic E-state index is 13.0. The van der Waals surface area contributed by atoms with Crippen molar-refractivity contribution in [3.8, 4) is 0 Å². The third kappa shape index (κ3) is 3.09. The summed E-state index contributed by atoms with van der Waals surface area (Å²) in [6, 6.07) is -0.219. The molecule has 0 radical (unpaired) electrons. The van der Waals surface area contributed by atoms with Crippen LogP contribution in [-0.2, 0) is 9.59 Å². The first-order chi connectivity index (χ1) is 9.99. The Kier molecular flexibility index (Phi) is 4.95. The Morgan fingerprint density at radius 1 is 1.24 bits per heavy atom. The number of carbonyl (C=O) groups is 2. The molecule has 2 fully saturated rings. The molecule has 2 unspecified atom stereocenters. The van der Waals surface area contributed by atoms with Gasteiger partial charge in [0.05, 0.1) is 0 Å². The maximum atomic E-state index is 13.0. The molecule has 21 heavy (non-hydrogen) atoms. The third-order valence-electron chi connectivity index (χ3n) is 5.20. The predicted molar refractivity (Wildman–Crippen MR) is 83.8 cm³/mol. The predicted octanol–water partition coefficient (Wildman–Crippen LogP) is 2.72. The zero-order valence-corrected chi connectivity index (χ0v) is 13.9. The largest absolute Gasteiger partial charge is 0.340 e. The summed E-state index contributed by atoms with van der Waals surface area (Å²) in [5.41, 5.74) is -0.672. The molecule has 4 heteroatoms. The van der Waals surface area contributed by atoms with Gasteiger partial charge in [-0.25, -0.2) is 0 Å². The van der Waals surface area contributed by atoms with Gasteiger partial charge in [-0.15, -0.1) is 0 Å². The molecule has 1 saturated heterocycles. The molecule has 0 bridgehead atoms. The number of hydrogen-bond donors (Lipinski definition) is 1. The molecule has 0 aromatic rings. The Morgan fingerprint density at radius 3 is 2.33 bits per heavy atom. The van der Waals surface area contributed by atoms with Crippen molar-refractivity contribution in [3.05, 3.63) is 0 Å². The van der Waals surface area contributed by atoms with Crippen LogP contribution in [0.4, 0.5) is 0 Å². The van der Waals surface area contributed by atoms with Crippen LogP contribution < -0.4 is 5.32 Å². The van der Waals surface area contributed by atoms with E-state index < -0.39 is 5.54 Å². The van der Waals surface area contributed by atoms with Crippen molar-refractivity contribution < 1.29 is 9.59 Å². The molecule has 2 atom stereocenters. The van der Waals surface area contributed by atoms with Crippen LogP contribution in [-0.4, -0.2) is 34.8 Å². The number of amides is 2. The average molecular weight is 294 g/mol. The van der Waals surface area contributed by atoms with Crippen LogP contribution >= 0.6 is 0 Å². The SMILES string of the molecule is CCCC(C)CN1C(=O)C(CC)(CC)NC(=O)C1C1CC1. The second-order valence-corrected chi connectivity index (χ2v) is 6.91. The number of nitrogens with one attached hydrogen (secondary N) is 1. The lowest BCUT2D eigenvalue weighted by molar-refractivity contribution is -0.157. The first kappa shape index (κ1) is 16.3. The van der Waals surface area contributed by atoms with Crippen LogP contribution in [0.5, 0.6) is 0 Å². The zero-order valence-electron chi connectivity index (χ0n) is 13.9. The van der Waals surface area contributed by atoms with E-state index in [2.05, 4.69) is 19.2 Å². The van der Waals surface area contributed by atoms with Gasteiger partial charge in [-0.2, -0.15) is 0 Å². The molecule has 2 aliphatic rings. The molecule has 1 saturated carbocycles. The average Bonchev–Trinajstić information content (AvgIpc) is 3.27. The zero-order chi connectivity index (χ0) is 15.6. The lowest BCUT2D eigenvalue weighted by Crippen LogP contribution is -2.70. The highest BCUT2D eigenvalue weighted by Gasteiger charge is 2.53. The second kappa shape index (κ2) is 6.37. The van der Waals surface area contributed by atoms with E-state index in [0.717, 1.165) is 32.2 Å². The lowest BCUT2D eigenvalue weighted by atomic mass is 9.85. The Balaban J connectivity index is 2.24. The van der Waals surface area contributed by atoms with E-state index in [1.807, 2.05) is 18.7 Å². The standard InChI is InChI=1S/C17H30N2O2/c1-5-8-12(4)11-19-14(13-9-10-13)15(20)18-17(6-2,7-3)16(19)21/h12-14H,5-11H2,1-4H3,(H,18,20). The summed E-state index contributed by atoms with van der Waals surface area (Å²) < 4.78 is 0. The number of rotatable bonds is 7. The highest BCUT2D eigenvalue weighted by molar-refractivity contribution is 6.00. The van der Waals surface area contributed by atoms with Gasteiger partial charge in [-0.05, 0) is 43.9 Å². The first-order valence-electron chi connectivity index (χ1n) is 8.62. The van der Waals surface area contributed by atoms with Gasteiger partial charge in [0.15, 0.2) is 0 Å². The molecule has 2 amide bonds. The molecular formula is C17H30N2O2. The van der Waals surface area contributed by atoms with Crippen LogP contribution in [0.2, 0.25) is 0 Å². The van der Waals surface area contributed by atoms with Crippen molar-refractivity contribution in [2.45, 2.75) is 77.8 Å². The molecule has 0 spiro atoms. The molecule has 0 aromatic heterocycles. The fraction of sp³-hybridized carbons (Fsp3) is 0.882. The fourth-order valence-electron chi connectivity index (χ4n) is 3.63. The number of hydrogen-bond acceptors (Lipinski definition) is 2. The molecule has 4 nitrogen and oxygen atoms in total. The summed E-state index contributed by atoms with van der Waals surface area (Å²) in [5, 5.41) is 3.06. The highest BCUT2D eigenvalue weighted by atomic mass is 16.2. The van der Waals surface area contributed by atoms with Crippen molar-refractivity contribution in [1.29, 1.82) is 0 Å². The molecule has 0 aromatic carbocycles. The molecule has 1 aliphatic carbocycles. The van der Waals surface area contributed by atoms with Crippen molar-refractivity contribution in [2.75, 3.05) is 6.54 Å². The van der Waals surface area contributed by atoms with Crippen molar-refractivity contribution >= 4 is 11.8 Å². The van der Waals surface area contributed by atoms with Gasteiger partial charge in [-0.3, -0.25) is 9.59 Å². The van der Waals surface area contributed by atoms with E-state index in [0.29, 0.717) is 24.7 Å². The van der Waals surface area contributed by atoms with Gasteiger partial charge in [-0.1, -0.05) is 34.1 Å². The molecule has 1 heterocycles. The summed E-state index contributed by atoms with van der Waals surface area (Å²) in [5.74, 6) is 1.06. The van der Waals surface area contributed by atoms with Crippen molar-refractivity contribution in [3.63, 3.8) is 0 Å². The van der Waals surface area contributed by atoms with E-state index in [9.17, 15) is 9.59 Å². The topological polar surface area (TPSA) is 49.4 Å². The van der Waals surface area contributed by atoms with E-state index in [-0.39, 0.29) is 17.9 Å². The monoisotopic (exact) mass is 294 g/mol. The Morgan fingerprint density at radius 2 is 1.86 bits per heavy atom. The van der Waals surface area contributed by atoms with Crippen LogP contribution in [0.3, 0.4) is 0 Å². The summed E-state index contributed by atoms with van der Waals surface area (Å²) in [7, 11) is 0. The fourth-order valence-corrected chi connectivity index (χ4v) is 3.63. The van der Waals surface area contributed by atoms with Crippen LogP contribution in [0.25, 0.3) is 0 Å². The summed E-state index contributed by atoms with van der Waals surface area (Å²) >= 11 is 0. The minimum Gasteiger partial charge on any atom is -0.340 e. The van der Waals surface area contributed by atoms with Crippen LogP contribution in [0.15, 0.2) is 0 Å². The lowest BCUT2D eigenvalue weighted by Gasteiger charge is -2.46. The normalized spacial score (nSPS) is 26.7. The van der Waals surface area contributed by atoms with Gasteiger partial charge in [0.1, 0.15) is 11.6 Å². The molecule has 1 N–H and O–H groups in total. The summed E-state index contributed by atoms with van der Waals surface area (Å²) in [6.07, 6.45) is 5.73. The van der Waals surface area contributed by atoms with Crippen LogP contribution in [0, 0.1) is 11.8 Å². The molecule has 1 aliphatic heterocycles. The Bertz CT molecular complexity index is 400. The van der Waals surface area contributed by atoms with Gasteiger partial charge < -0.3 is 10.2 Å². The minimum absolute atomic E-state index is 0.0736. The second-order valence-electron chi connectivity index (χ2n) is 6.91. The Labute approximate surface area is 128 Å². The minimum atomic E-state index is -0.672. The van der Waals surface area contributed by atoms with E-state index in [1.165, 1.54) is 0 Å². The molecule has 2 rings (SSSR count). The highest BCUT2D eigenvalue weighted by Crippen LogP contribution is 2.39. The van der Waals surface area contributed by atoms with Crippen molar-refractivity contribution in [2.24, 2.45) is 11.8 Å². The first-order valence-corrected chi connectivity index (χ1v) is 8.62. The molecular weight excluding hydrogens is 264 g/mol.